The standard InChI is InChI=1S/C7H5BrN2S2/c1-4-2-3-5(11-4)6-9-7(8)10-12-6/h2-3H,1H3. The molecule has 0 aliphatic rings. The first-order valence-corrected chi connectivity index (χ1v) is 5.70. The summed E-state index contributed by atoms with van der Waals surface area (Å²) in [7, 11) is 0. The molecule has 2 heterocycles. The highest BCUT2D eigenvalue weighted by molar-refractivity contribution is 9.10. The van der Waals surface area contributed by atoms with Gasteiger partial charge in [-0.1, -0.05) is 0 Å². The lowest BCUT2D eigenvalue weighted by Crippen LogP contribution is -1.67. The van der Waals surface area contributed by atoms with Crippen molar-refractivity contribution in [3.63, 3.8) is 0 Å². The van der Waals surface area contributed by atoms with Gasteiger partial charge in [-0.05, 0) is 46.5 Å². The number of rotatable bonds is 1. The third-order valence-corrected chi connectivity index (χ3v) is 3.83. The third-order valence-electron chi connectivity index (χ3n) is 1.35. The Hall–Kier alpha value is -0.260. The van der Waals surface area contributed by atoms with Gasteiger partial charge in [0.05, 0.1) is 4.88 Å². The largest absolute Gasteiger partial charge is 0.209 e. The van der Waals surface area contributed by atoms with Crippen molar-refractivity contribution in [3.05, 3.63) is 21.7 Å². The van der Waals surface area contributed by atoms with E-state index in [1.807, 2.05) is 0 Å². The number of aromatic nitrogens is 2. The van der Waals surface area contributed by atoms with Gasteiger partial charge in [-0.2, -0.15) is 4.37 Å². The first-order valence-electron chi connectivity index (χ1n) is 3.32. The normalized spacial score (nSPS) is 10.5. The van der Waals surface area contributed by atoms with Crippen LogP contribution in [0.5, 0.6) is 0 Å². The van der Waals surface area contributed by atoms with Gasteiger partial charge in [0.2, 0.25) is 4.73 Å². The number of aryl methyl sites for hydroxylation is 1. The maximum Gasteiger partial charge on any atom is 0.209 e. The summed E-state index contributed by atoms with van der Waals surface area (Å²) in [5.74, 6) is 0. The van der Waals surface area contributed by atoms with E-state index in [-0.39, 0.29) is 0 Å². The van der Waals surface area contributed by atoms with Crippen LogP contribution in [-0.4, -0.2) is 9.36 Å². The van der Waals surface area contributed by atoms with E-state index in [0.29, 0.717) is 4.73 Å². The van der Waals surface area contributed by atoms with Crippen LogP contribution in [0.25, 0.3) is 9.88 Å². The van der Waals surface area contributed by atoms with Crippen LogP contribution in [0.1, 0.15) is 4.88 Å². The minimum atomic E-state index is 0.675. The minimum absolute atomic E-state index is 0.675. The van der Waals surface area contributed by atoms with Gasteiger partial charge >= 0.3 is 0 Å². The first kappa shape index (κ1) is 8.34. The molecule has 12 heavy (non-hydrogen) atoms. The molecule has 0 atom stereocenters. The zero-order chi connectivity index (χ0) is 8.55. The Kier molecular flexibility index (Phi) is 2.25. The van der Waals surface area contributed by atoms with Gasteiger partial charge in [0.15, 0.2) is 5.01 Å². The molecule has 0 aliphatic carbocycles. The summed E-state index contributed by atoms with van der Waals surface area (Å²) in [6.45, 7) is 2.09. The molecule has 62 valence electrons. The van der Waals surface area contributed by atoms with Gasteiger partial charge in [0.1, 0.15) is 0 Å². The number of nitrogens with zero attached hydrogens (tertiary/aromatic N) is 2. The molecule has 0 amide bonds. The fourth-order valence-electron chi connectivity index (χ4n) is 0.855. The predicted octanol–water partition coefficient (Wildman–Crippen LogP) is 3.34. The third kappa shape index (κ3) is 1.57. The van der Waals surface area contributed by atoms with Gasteiger partial charge in [-0.15, -0.1) is 11.3 Å². The Balaban J connectivity index is 2.43. The van der Waals surface area contributed by atoms with Crippen molar-refractivity contribution < 1.29 is 0 Å². The van der Waals surface area contributed by atoms with E-state index in [1.54, 1.807) is 11.3 Å². The Morgan fingerprint density at radius 1 is 1.42 bits per heavy atom. The predicted molar refractivity (Wildman–Crippen MR) is 55.7 cm³/mol. The zero-order valence-corrected chi connectivity index (χ0v) is 9.46. The number of hydrogen-bond acceptors (Lipinski definition) is 4. The summed E-state index contributed by atoms with van der Waals surface area (Å²) in [6, 6.07) is 4.17. The molecule has 0 unspecified atom stereocenters. The summed E-state index contributed by atoms with van der Waals surface area (Å²) in [6.07, 6.45) is 0. The van der Waals surface area contributed by atoms with Gasteiger partial charge in [-0.25, -0.2) is 4.98 Å². The zero-order valence-electron chi connectivity index (χ0n) is 6.24. The maximum atomic E-state index is 4.23. The molecule has 0 saturated heterocycles. The van der Waals surface area contributed by atoms with E-state index in [9.17, 15) is 0 Å². The number of halogens is 1. The maximum absolute atomic E-state index is 4.23. The second-order valence-corrected chi connectivity index (χ2v) is 5.03. The van der Waals surface area contributed by atoms with Crippen LogP contribution in [-0.2, 0) is 0 Å². The molecule has 0 radical (unpaired) electrons. The van der Waals surface area contributed by atoms with Crippen molar-refractivity contribution in [3.8, 4) is 9.88 Å². The van der Waals surface area contributed by atoms with E-state index in [4.69, 9.17) is 0 Å². The van der Waals surface area contributed by atoms with Crippen LogP contribution in [0.4, 0.5) is 0 Å². The summed E-state index contributed by atoms with van der Waals surface area (Å²) in [4.78, 5) is 6.72. The summed E-state index contributed by atoms with van der Waals surface area (Å²) >= 11 is 6.39. The topological polar surface area (TPSA) is 25.8 Å². The van der Waals surface area contributed by atoms with Crippen LogP contribution in [0.15, 0.2) is 16.9 Å². The second kappa shape index (κ2) is 3.24. The van der Waals surface area contributed by atoms with Crippen LogP contribution in [0, 0.1) is 6.92 Å². The summed E-state index contributed by atoms with van der Waals surface area (Å²) in [5, 5.41) is 0.986. The minimum Gasteiger partial charge on any atom is -0.208 e. The lowest BCUT2D eigenvalue weighted by Gasteiger charge is -1.83. The molecule has 0 aromatic carbocycles. The van der Waals surface area contributed by atoms with Gasteiger partial charge in [0.25, 0.3) is 0 Å². The fourth-order valence-corrected chi connectivity index (χ4v) is 2.84. The van der Waals surface area contributed by atoms with E-state index in [0.717, 1.165) is 5.01 Å². The molecule has 0 N–H and O–H groups in total. The van der Waals surface area contributed by atoms with Gasteiger partial charge in [0, 0.05) is 4.88 Å². The molecule has 0 saturated carbocycles. The lowest BCUT2D eigenvalue weighted by molar-refractivity contribution is 1.26. The van der Waals surface area contributed by atoms with Crippen molar-refractivity contribution in [2.75, 3.05) is 0 Å². The van der Waals surface area contributed by atoms with Crippen molar-refractivity contribution in [1.29, 1.82) is 0 Å². The molecule has 2 aromatic heterocycles. The van der Waals surface area contributed by atoms with Crippen LogP contribution in [0.3, 0.4) is 0 Å². The van der Waals surface area contributed by atoms with Crippen molar-refractivity contribution in [2.45, 2.75) is 6.92 Å². The van der Waals surface area contributed by atoms with Crippen molar-refractivity contribution >= 4 is 38.8 Å². The fraction of sp³-hybridized carbons (Fsp3) is 0.143. The average Bonchev–Trinajstić information content (AvgIpc) is 2.58. The quantitative estimate of drug-likeness (QED) is 0.786. The van der Waals surface area contributed by atoms with Crippen molar-refractivity contribution in [2.24, 2.45) is 0 Å². The Morgan fingerprint density at radius 2 is 2.25 bits per heavy atom. The highest BCUT2D eigenvalue weighted by atomic mass is 79.9. The van der Waals surface area contributed by atoms with E-state index >= 15 is 0 Å². The monoisotopic (exact) mass is 260 g/mol. The molecule has 0 aliphatic heterocycles. The molecule has 0 spiro atoms. The van der Waals surface area contributed by atoms with Crippen LogP contribution in [0.2, 0.25) is 0 Å². The van der Waals surface area contributed by atoms with E-state index < -0.39 is 0 Å². The van der Waals surface area contributed by atoms with Crippen molar-refractivity contribution in [1.82, 2.24) is 9.36 Å². The molecular formula is C7H5BrN2S2. The van der Waals surface area contributed by atoms with E-state index in [2.05, 4.69) is 44.3 Å². The van der Waals surface area contributed by atoms with Crippen LogP contribution >= 0.6 is 38.8 Å². The SMILES string of the molecule is Cc1ccc(-c2nc(Br)ns2)s1. The first-order chi connectivity index (χ1) is 5.75. The summed E-state index contributed by atoms with van der Waals surface area (Å²) < 4.78 is 4.73. The molecule has 5 heteroatoms. The number of thiophene rings is 1. The smallest absolute Gasteiger partial charge is 0.208 e. The second-order valence-electron chi connectivity index (χ2n) is 2.28. The highest BCUT2D eigenvalue weighted by Crippen LogP contribution is 2.29. The Labute approximate surface area is 86.6 Å². The molecule has 0 bridgehead atoms. The molecule has 0 fully saturated rings. The molecular weight excluding hydrogens is 256 g/mol. The Morgan fingerprint density at radius 3 is 2.75 bits per heavy atom. The molecule has 2 rings (SSSR count). The van der Waals surface area contributed by atoms with E-state index in [1.165, 1.54) is 21.3 Å². The lowest BCUT2D eigenvalue weighted by atomic mass is 10.4. The average molecular weight is 261 g/mol. The van der Waals surface area contributed by atoms with Gasteiger partial charge in [-0.3, -0.25) is 0 Å². The van der Waals surface area contributed by atoms with Gasteiger partial charge < -0.3 is 0 Å². The molecule has 2 aromatic rings. The summed E-state index contributed by atoms with van der Waals surface area (Å²) in [5.41, 5.74) is 0. The van der Waals surface area contributed by atoms with Crippen LogP contribution < -0.4 is 0 Å². The number of hydrogen-bond donors (Lipinski definition) is 0. The Bertz CT molecular complexity index is 355. The molecule has 2 nitrogen and oxygen atoms in total. The highest BCUT2D eigenvalue weighted by Gasteiger charge is 2.05.